The number of para-hydroxylation sites is 1. The molecule has 6 nitrogen and oxygen atoms in total. The number of thiazole rings is 1. The molecule has 0 fully saturated rings. The van der Waals surface area contributed by atoms with E-state index in [-0.39, 0.29) is 11.3 Å². The Morgan fingerprint density at radius 2 is 1.92 bits per heavy atom. The largest absolute Gasteiger partial charge is 0.298 e. The lowest BCUT2D eigenvalue weighted by Gasteiger charge is -2.03. The van der Waals surface area contributed by atoms with Crippen LogP contribution in [-0.2, 0) is 6.42 Å². The second-order valence-corrected chi connectivity index (χ2v) is 6.17. The fourth-order valence-electron chi connectivity index (χ4n) is 2.36. The van der Waals surface area contributed by atoms with Gasteiger partial charge in [-0.2, -0.15) is 0 Å². The van der Waals surface area contributed by atoms with Crippen molar-refractivity contribution in [1.82, 2.24) is 4.98 Å². The monoisotopic (exact) mass is 353 g/mol. The van der Waals surface area contributed by atoms with Gasteiger partial charge in [-0.1, -0.05) is 43.3 Å². The van der Waals surface area contributed by atoms with Crippen LogP contribution >= 0.6 is 11.3 Å². The van der Waals surface area contributed by atoms with Crippen molar-refractivity contribution in [2.45, 2.75) is 13.3 Å². The highest BCUT2D eigenvalue weighted by Crippen LogP contribution is 2.26. The van der Waals surface area contributed by atoms with Crippen molar-refractivity contribution in [3.8, 4) is 11.3 Å². The van der Waals surface area contributed by atoms with Gasteiger partial charge >= 0.3 is 0 Å². The van der Waals surface area contributed by atoms with Crippen molar-refractivity contribution in [2.24, 2.45) is 0 Å². The molecule has 25 heavy (non-hydrogen) atoms. The molecule has 0 unspecified atom stereocenters. The van der Waals surface area contributed by atoms with Crippen LogP contribution in [0.3, 0.4) is 0 Å². The molecule has 0 atom stereocenters. The van der Waals surface area contributed by atoms with Crippen LogP contribution in [0.4, 0.5) is 10.8 Å². The number of hydrogen-bond acceptors (Lipinski definition) is 5. The van der Waals surface area contributed by atoms with E-state index in [1.165, 1.54) is 35.1 Å². The number of benzene rings is 2. The number of nitro benzene ring substituents is 1. The number of amides is 1. The number of aryl methyl sites for hydroxylation is 1. The summed E-state index contributed by atoms with van der Waals surface area (Å²) < 4.78 is 0. The number of nitro groups is 1. The Morgan fingerprint density at radius 1 is 1.20 bits per heavy atom. The third-order valence-electron chi connectivity index (χ3n) is 3.73. The molecule has 3 aromatic rings. The molecule has 7 heteroatoms. The van der Waals surface area contributed by atoms with Gasteiger partial charge in [-0.05, 0) is 18.1 Å². The first-order valence-corrected chi connectivity index (χ1v) is 8.56. The fraction of sp³-hybridized carbons (Fsp3) is 0.111. The van der Waals surface area contributed by atoms with E-state index in [2.05, 4.69) is 17.2 Å². The van der Waals surface area contributed by atoms with Gasteiger partial charge in [0.15, 0.2) is 5.13 Å². The van der Waals surface area contributed by atoms with Crippen LogP contribution in [0.2, 0.25) is 0 Å². The number of hydrogen-bond donors (Lipinski definition) is 1. The first-order chi connectivity index (χ1) is 12.1. The highest BCUT2D eigenvalue weighted by atomic mass is 32.1. The van der Waals surface area contributed by atoms with Crippen LogP contribution in [0.5, 0.6) is 0 Å². The molecule has 0 aliphatic carbocycles. The summed E-state index contributed by atoms with van der Waals surface area (Å²) in [6.45, 7) is 2.09. The zero-order chi connectivity index (χ0) is 17.8. The first kappa shape index (κ1) is 16.8. The number of anilines is 1. The van der Waals surface area contributed by atoms with Crippen molar-refractivity contribution in [3.63, 3.8) is 0 Å². The van der Waals surface area contributed by atoms with E-state index in [1.54, 1.807) is 6.07 Å². The van der Waals surface area contributed by atoms with E-state index in [9.17, 15) is 14.9 Å². The maximum absolute atomic E-state index is 12.3. The molecular weight excluding hydrogens is 338 g/mol. The molecule has 0 saturated carbocycles. The van der Waals surface area contributed by atoms with Crippen LogP contribution in [-0.4, -0.2) is 15.8 Å². The lowest BCUT2D eigenvalue weighted by Crippen LogP contribution is -2.13. The molecule has 1 aromatic heterocycles. The molecule has 1 N–H and O–H groups in total. The maximum Gasteiger partial charge on any atom is 0.282 e. The summed E-state index contributed by atoms with van der Waals surface area (Å²) in [5.41, 5.74) is 2.73. The summed E-state index contributed by atoms with van der Waals surface area (Å²) in [5.74, 6) is -0.547. The van der Waals surface area contributed by atoms with E-state index in [0.717, 1.165) is 17.7 Å². The van der Waals surface area contributed by atoms with Crippen LogP contribution < -0.4 is 5.32 Å². The molecule has 0 saturated heterocycles. The van der Waals surface area contributed by atoms with E-state index < -0.39 is 10.8 Å². The third-order valence-corrected chi connectivity index (χ3v) is 4.49. The summed E-state index contributed by atoms with van der Waals surface area (Å²) in [5, 5.41) is 15.9. The summed E-state index contributed by atoms with van der Waals surface area (Å²) in [4.78, 5) is 27.2. The molecule has 1 amide bonds. The molecule has 1 heterocycles. The second-order valence-electron chi connectivity index (χ2n) is 5.32. The van der Waals surface area contributed by atoms with Gasteiger partial charge in [0.25, 0.3) is 11.6 Å². The van der Waals surface area contributed by atoms with Crippen molar-refractivity contribution in [1.29, 1.82) is 0 Å². The Labute approximate surface area is 148 Å². The Kier molecular flexibility index (Phi) is 4.85. The number of carbonyl (C=O) groups excluding carboxylic acids is 1. The third kappa shape index (κ3) is 3.72. The predicted molar refractivity (Wildman–Crippen MR) is 98.0 cm³/mol. The molecular formula is C18H15N3O3S. The van der Waals surface area contributed by atoms with Gasteiger partial charge < -0.3 is 0 Å². The SMILES string of the molecule is CCc1ccc(-c2csc(NC(=O)c3ccccc3[N+](=O)[O-])n2)cc1. The Hall–Kier alpha value is -3.06. The second kappa shape index (κ2) is 7.23. The summed E-state index contributed by atoms with van der Waals surface area (Å²) in [6.07, 6.45) is 0.967. The van der Waals surface area contributed by atoms with Gasteiger partial charge in [0.2, 0.25) is 0 Å². The minimum Gasteiger partial charge on any atom is -0.298 e. The quantitative estimate of drug-likeness (QED) is 0.539. The topological polar surface area (TPSA) is 85.1 Å². The van der Waals surface area contributed by atoms with Gasteiger partial charge in [-0.15, -0.1) is 11.3 Å². The van der Waals surface area contributed by atoms with Crippen LogP contribution in [0, 0.1) is 10.1 Å². The molecule has 0 aliphatic rings. The molecule has 3 rings (SSSR count). The molecule has 0 spiro atoms. The van der Waals surface area contributed by atoms with E-state index in [0.29, 0.717) is 5.13 Å². The molecule has 0 aliphatic heterocycles. The zero-order valence-electron chi connectivity index (χ0n) is 13.4. The normalized spacial score (nSPS) is 10.4. The van der Waals surface area contributed by atoms with Gasteiger partial charge in [-0.3, -0.25) is 20.2 Å². The summed E-state index contributed by atoms with van der Waals surface area (Å²) >= 11 is 1.28. The van der Waals surface area contributed by atoms with Crippen LogP contribution in [0.25, 0.3) is 11.3 Å². The van der Waals surface area contributed by atoms with Gasteiger partial charge in [-0.25, -0.2) is 4.98 Å². The maximum atomic E-state index is 12.3. The number of carbonyl (C=O) groups is 1. The van der Waals surface area contributed by atoms with Crippen LogP contribution in [0.1, 0.15) is 22.8 Å². The summed E-state index contributed by atoms with van der Waals surface area (Å²) in [6, 6.07) is 13.9. The number of nitrogens with zero attached hydrogens (tertiary/aromatic N) is 2. The average Bonchev–Trinajstić information content (AvgIpc) is 3.10. The number of nitrogens with one attached hydrogen (secondary N) is 1. The molecule has 126 valence electrons. The standard InChI is InChI=1S/C18H15N3O3S/c1-2-12-7-9-13(10-8-12)15-11-25-18(19-15)20-17(22)14-5-3-4-6-16(14)21(23)24/h3-11H,2H2,1H3,(H,19,20,22). The molecule has 0 bridgehead atoms. The van der Waals surface area contributed by atoms with Crippen molar-refractivity contribution >= 4 is 28.1 Å². The molecule has 0 radical (unpaired) electrons. The lowest BCUT2D eigenvalue weighted by molar-refractivity contribution is -0.385. The minimum atomic E-state index is -0.572. The van der Waals surface area contributed by atoms with Gasteiger partial charge in [0.05, 0.1) is 10.6 Å². The fourth-order valence-corrected chi connectivity index (χ4v) is 3.08. The Bertz CT molecular complexity index is 919. The summed E-state index contributed by atoms with van der Waals surface area (Å²) in [7, 11) is 0. The predicted octanol–water partition coefficient (Wildman–Crippen LogP) is 4.53. The average molecular weight is 353 g/mol. The molecule has 2 aromatic carbocycles. The lowest BCUT2D eigenvalue weighted by atomic mass is 10.1. The highest BCUT2D eigenvalue weighted by molar-refractivity contribution is 7.14. The van der Waals surface area contributed by atoms with E-state index in [4.69, 9.17) is 0 Å². The Balaban J connectivity index is 1.79. The van der Waals surface area contributed by atoms with Gasteiger partial charge in [0, 0.05) is 17.0 Å². The van der Waals surface area contributed by atoms with Crippen molar-refractivity contribution in [2.75, 3.05) is 5.32 Å². The van der Waals surface area contributed by atoms with E-state index >= 15 is 0 Å². The first-order valence-electron chi connectivity index (χ1n) is 7.68. The number of aromatic nitrogens is 1. The smallest absolute Gasteiger partial charge is 0.282 e. The van der Waals surface area contributed by atoms with E-state index in [1.807, 2.05) is 29.6 Å². The zero-order valence-corrected chi connectivity index (χ0v) is 14.2. The Morgan fingerprint density at radius 3 is 2.60 bits per heavy atom. The highest BCUT2D eigenvalue weighted by Gasteiger charge is 2.20. The number of rotatable bonds is 5. The van der Waals surface area contributed by atoms with Crippen molar-refractivity contribution in [3.05, 3.63) is 75.2 Å². The van der Waals surface area contributed by atoms with Crippen molar-refractivity contribution < 1.29 is 9.72 Å². The van der Waals surface area contributed by atoms with Crippen LogP contribution in [0.15, 0.2) is 53.9 Å². The minimum absolute atomic E-state index is 0.0107. The van der Waals surface area contributed by atoms with Gasteiger partial charge in [0.1, 0.15) is 5.56 Å².